The van der Waals surface area contributed by atoms with Crippen LogP contribution in [0.3, 0.4) is 0 Å². The van der Waals surface area contributed by atoms with E-state index in [9.17, 15) is 0 Å². The first-order valence-corrected chi connectivity index (χ1v) is 9.16. The molecule has 0 amide bonds. The first kappa shape index (κ1) is 15.7. The van der Waals surface area contributed by atoms with Crippen LogP contribution < -0.4 is 21.3 Å². The van der Waals surface area contributed by atoms with Gasteiger partial charge in [0.25, 0.3) is 0 Å². The highest BCUT2D eigenvalue weighted by molar-refractivity contribution is 6.05. The summed E-state index contributed by atoms with van der Waals surface area (Å²) in [4.78, 5) is 7.08. The second-order valence-corrected chi connectivity index (χ2v) is 7.12. The van der Waals surface area contributed by atoms with Gasteiger partial charge in [-0.25, -0.2) is 4.99 Å². The van der Waals surface area contributed by atoms with Crippen LogP contribution in [0.25, 0.3) is 0 Å². The zero-order valence-corrected chi connectivity index (χ0v) is 14.6. The van der Waals surface area contributed by atoms with E-state index in [0.717, 1.165) is 56.3 Å². The van der Waals surface area contributed by atoms with Crippen molar-refractivity contribution in [3.63, 3.8) is 0 Å². The monoisotopic (exact) mass is 353 g/mol. The van der Waals surface area contributed by atoms with Crippen LogP contribution >= 0.6 is 0 Å². The number of morpholine rings is 1. The summed E-state index contributed by atoms with van der Waals surface area (Å²) in [7, 11) is 0. The fourth-order valence-electron chi connectivity index (χ4n) is 3.68. The smallest absolute Gasteiger partial charge is 0.202 e. The molecule has 3 aliphatic rings. The van der Waals surface area contributed by atoms with Crippen molar-refractivity contribution < 1.29 is 9.15 Å². The van der Waals surface area contributed by atoms with E-state index in [1.165, 1.54) is 5.69 Å². The number of nitrogens with two attached hydrogens (primary N) is 1. The number of nitrogens with one attached hydrogen (secondary N) is 2. The Morgan fingerprint density at radius 3 is 2.65 bits per heavy atom. The van der Waals surface area contributed by atoms with Gasteiger partial charge in [0.05, 0.1) is 25.2 Å². The molecule has 2 aromatic rings. The van der Waals surface area contributed by atoms with Crippen LogP contribution in [0.5, 0.6) is 0 Å². The number of guanidine groups is 1. The van der Waals surface area contributed by atoms with Crippen LogP contribution in [0.15, 0.2) is 46.0 Å². The van der Waals surface area contributed by atoms with Crippen molar-refractivity contribution in [1.82, 2.24) is 0 Å². The van der Waals surface area contributed by atoms with Gasteiger partial charge in [0.1, 0.15) is 0 Å². The highest BCUT2D eigenvalue weighted by atomic mass is 16.5. The van der Waals surface area contributed by atoms with Gasteiger partial charge in [-0.2, -0.15) is 0 Å². The summed E-state index contributed by atoms with van der Waals surface area (Å²) in [6.45, 7) is 3.43. The van der Waals surface area contributed by atoms with Gasteiger partial charge in [-0.1, -0.05) is 0 Å². The van der Waals surface area contributed by atoms with E-state index in [0.29, 0.717) is 11.9 Å². The zero-order valence-electron chi connectivity index (χ0n) is 14.6. The molecule has 0 spiro atoms. The van der Waals surface area contributed by atoms with Crippen molar-refractivity contribution in [2.45, 2.75) is 18.5 Å². The number of fused-ring (bicyclic) bond motifs is 1. The standard InChI is InChI=1S/C19H23N5O2/c20-19(13-1-2-13)17-16(7-10-26-17)22-18(23-19)21-14-3-5-15(6-4-14)24-8-11-25-12-9-24/h3-7,10,13H,1-2,8-9,11-12,20H2,(H2,21,22,23). The maximum atomic E-state index is 6.61. The predicted molar refractivity (Wildman–Crippen MR) is 101 cm³/mol. The van der Waals surface area contributed by atoms with Gasteiger partial charge < -0.3 is 30.4 Å². The normalized spacial score (nSPS) is 25.3. The molecule has 2 aliphatic heterocycles. The average Bonchev–Trinajstić information content (AvgIpc) is 3.42. The first-order chi connectivity index (χ1) is 12.7. The highest BCUT2D eigenvalue weighted by Crippen LogP contribution is 2.48. The Morgan fingerprint density at radius 2 is 1.92 bits per heavy atom. The highest BCUT2D eigenvalue weighted by Gasteiger charge is 2.49. The molecule has 1 atom stereocenters. The summed E-state index contributed by atoms with van der Waals surface area (Å²) in [5.74, 6) is 1.73. The van der Waals surface area contributed by atoms with Crippen LogP contribution in [0, 0.1) is 5.92 Å². The number of nitrogens with zero attached hydrogens (tertiary/aromatic N) is 2. The van der Waals surface area contributed by atoms with Crippen molar-refractivity contribution in [2.24, 2.45) is 16.6 Å². The van der Waals surface area contributed by atoms with E-state index in [1.54, 1.807) is 6.26 Å². The molecule has 3 heterocycles. The third-order valence-corrected chi connectivity index (χ3v) is 5.28. The Kier molecular flexibility index (Phi) is 3.65. The van der Waals surface area contributed by atoms with Gasteiger partial charge in [0, 0.05) is 36.4 Å². The van der Waals surface area contributed by atoms with Crippen LogP contribution in [-0.4, -0.2) is 32.3 Å². The van der Waals surface area contributed by atoms with Crippen molar-refractivity contribution >= 4 is 23.0 Å². The molecule has 2 fully saturated rings. The van der Waals surface area contributed by atoms with E-state index in [-0.39, 0.29) is 0 Å². The number of rotatable bonds is 3. The van der Waals surface area contributed by atoms with Gasteiger partial charge in [-0.15, -0.1) is 0 Å². The lowest BCUT2D eigenvalue weighted by Gasteiger charge is -2.30. The summed E-state index contributed by atoms with van der Waals surface area (Å²) in [5.41, 5.74) is 8.90. The van der Waals surface area contributed by atoms with E-state index in [2.05, 4.69) is 39.8 Å². The molecule has 7 heteroatoms. The largest absolute Gasteiger partial charge is 0.463 e. The summed E-state index contributed by atoms with van der Waals surface area (Å²) in [6.07, 6.45) is 3.83. The lowest BCUT2D eigenvalue weighted by Crippen LogP contribution is -2.44. The Balaban J connectivity index is 1.35. The van der Waals surface area contributed by atoms with Crippen LogP contribution in [0.4, 0.5) is 17.1 Å². The first-order valence-electron chi connectivity index (χ1n) is 9.16. The van der Waals surface area contributed by atoms with Crippen LogP contribution in [0.2, 0.25) is 0 Å². The Bertz CT molecular complexity index is 821. The minimum Gasteiger partial charge on any atom is -0.463 e. The fourth-order valence-corrected chi connectivity index (χ4v) is 3.68. The molecule has 1 aromatic carbocycles. The Morgan fingerprint density at radius 1 is 1.15 bits per heavy atom. The number of aliphatic imine (C=N–C) groups is 1. The maximum Gasteiger partial charge on any atom is 0.202 e. The fraction of sp³-hybridized carbons (Fsp3) is 0.421. The Labute approximate surface area is 152 Å². The molecule has 136 valence electrons. The molecule has 1 saturated carbocycles. The molecule has 1 aliphatic carbocycles. The molecule has 7 nitrogen and oxygen atoms in total. The third kappa shape index (κ3) is 2.73. The Hall–Kier alpha value is -2.51. The van der Waals surface area contributed by atoms with E-state index in [4.69, 9.17) is 19.9 Å². The van der Waals surface area contributed by atoms with Crippen molar-refractivity contribution in [2.75, 3.05) is 41.8 Å². The molecule has 0 bridgehead atoms. The number of benzene rings is 1. The van der Waals surface area contributed by atoms with Gasteiger partial charge in [0.15, 0.2) is 11.4 Å². The lowest BCUT2D eigenvalue weighted by atomic mass is 10.0. The molecule has 1 aromatic heterocycles. The molecular formula is C19H23N5O2. The van der Waals surface area contributed by atoms with Crippen molar-refractivity contribution in [3.05, 3.63) is 42.4 Å². The third-order valence-electron chi connectivity index (χ3n) is 5.28. The molecular weight excluding hydrogens is 330 g/mol. The second kappa shape index (κ2) is 6.03. The molecule has 26 heavy (non-hydrogen) atoms. The predicted octanol–water partition coefficient (Wildman–Crippen LogP) is 2.53. The summed E-state index contributed by atoms with van der Waals surface area (Å²) >= 11 is 0. The SMILES string of the molecule is NC1(C2CC2)N=C(Nc2ccc(N3CCOCC3)cc2)Nc2ccoc21. The van der Waals surface area contributed by atoms with Gasteiger partial charge in [-0.05, 0) is 37.1 Å². The maximum absolute atomic E-state index is 6.61. The van der Waals surface area contributed by atoms with E-state index >= 15 is 0 Å². The average molecular weight is 353 g/mol. The number of hydrogen-bond donors (Lipinski definition) is 3. The van der Waals surface area contributed by atoms with Gasteiger partial charge in [0.2, 0.25) is 5.96 Å². The quantitative estimate of drug-likeness (QED) is 0.786. The van der Waals surface area contributed by atoms with E-state index < -0.39 is 5.66 Å². The van der Waals surface area contributed by atoms with Crippen molar-refractivity contribution in [3.8, 4) is 0 Å². The lowest BCUT2D eigenvalue weighted by molar-refractivity contribution is 0.122. The number of anilines is 3. The van der Waals surface area contributed by atoms with Crippen LogP contribution in [0.1, 0.15) is 18.6 Å². The molecule has 1 unspecified atom stereocenters. The molecule has 4 N–H and O–H groups in total. The molecule has 1 saturated heterocycles. The minimum atomic E-state index is -0.778. The molecule has 5 rings (SSSR count). The second-order valence-electron chi connectivity index (χ2n) is 7.12. The topological polar surface area (TPSA) is 88.0 Å². The zero-order chi connectivity index (χ0) is 17.6. The van der Waals surface area contributed by atoms with E-state index in [1.807, 2.05) is 6.07 Å². The molecule has 0 radical (unpaired) electrons. The number of hydrogen-bond acceptors (Lipinski definition) is 7. The van der Waals surface area contributed by atoms with Gasteiger partial charge in [-0.3, -0.25) is 0 Å². The van der Waals surface area contributed by atoms with Gasteiger partial charge >= 0.3 is 0 Å². The van der Waals surface area contributed by atoms with Crippen LogP contribution in [-0.2, 0) is 10.4 Å². The van der Waals surface area contributed by atoms with Crippen molar-refractivity contribution in [1.29, 1.82) is 0 Å². The number of ether oxygens (including phenoxy) is 1. The minimum absolute atomic E-state index is 0.343. The number of furan rings is 1. The summed E-state index contributed by atoms with van der Waals surface area (Å²) in [6, 6.07) is 10.3. The summed E-state index contributed by atoms with van der Waals surface area (Å²) in [5, 5.41) is 6.63. The summed E-state index contributed by atoms with van der Waals surface area (Å²) < 4.78 is 11.0.